The molecule has 3 aromatic rings. The summed E-state index contributed by atoms with van der Waals surface area (Å²) < 4.78 is 23.0. The van der Waals surface area contributed by atoms with Crippen LogP contribution in [-0.2, 0) is 21.3 Å². The molecule has 1 aromatic heterocycles. The Morgan fingerprint density at radius 3 is 2.59 bits per heavy atom. The van der Waals surface area contributed by atoms with Gasteiger partial charge in [-0.15, -0.1) is 0 Å². The molecule has 27 heavy (non-hydrogen) atoms. The quantitative estimate of drug-likeness (QED) is 0.625. The Morgan fingerprint density at radius 1 is 1.15 bits per heavy atom. The highest BCUT2D eigenvalue weighted by molar-refractivity contribution is 7.84. The predicted molar refractivity (Wildman–Crippen MR) is 105 cm³/mol. The summed E-state index contributed by atoms with van der Waals surface area (Å²) in [5.74, 6) is 0.957. The number of nitrogens with zero attached hydrogens (tertiary/aromatic N) is 2. The van der Waals surface area contributed by atoms with E-state index < -0.39 is 10.8 Å². The summed E-state index contributed by atoms with van der Waals surface area (Å²) in [5, 5.41) is 4.03. The highest BCUT2D eigenvalue weighted by Gasteiger charge is 2.17. The Bertz CT molecular complexity index is 940. The van der Waals surface area contributed by atoms with Gasteiger partial charge in [-0.25, -0.2) is 0 Å². The van der Waals surface area contributed by atoms with E-state index in [9.17, 15) is 9.00 Å². The molecule has 1 atom stereocenters. The molecule has 7 heteroatoms. The number of methoxy groups -OCH3 is 1. The second-order valence-corrected chi connectivity index (χ2v) is 7.35. The molecule has 1 amide bonds. The molecule has 1 heterocycles. The highest BCUT2D eigenvalue weighted by atomic mass is 32.2. The average Bonchev–Trinajstić information content (AvgIpc) is 3.16. The number of hydrogen-bond donors (Lipinski definition) is 0. The number of amides is 1. The van der Waals surface area contributed by atoms with Crippen LogP contribution in [0.5, 0.6) is 5.75 Å². The molecule has 0 saturated carbocycles. The summed E-state index contributed by atoms with van der Waals surface area (Å²) in [6, 6.07) is 18.4. The Kier molecular flexibility index (Phi) is 6.03. The summed E-state index contributed by atoms with van der Waals surface area (Å²) in [6.45, 7) is 0. The van der Waals surface area contributed by atoms with Gasteiger partial charge in [0.15, 0.2) is 0 Å². The minimum atomic E-state index is -1.40. The third-order valence-corrected chi connectivity index (χ3v) is 5.22. The van der Waals surface area contributed by atoms with Crippen LogP contribution in [0.4, 0.5) is 5.69 Å². The van der Waals surface area contributed by atoms with Gasteiger partial charge in [-0.3, -0.25) is 9.00 Å². The van der Waals surface area contributed by atoms with Gasteiger partial charge in [-0.05, 0) is 24.3 Å². The summed E-state index contributed by atoms with van der Waals surface area (Å²) in [5.41, 5.74) is 2.16. The molecule has 0 aliphatic heterocycles. The molecular weight excluding hydrogens is 364 g/mol. The first-order valence-electron chi connectivity index (χ1n) is 8.34. The van der Waals surface area contributed by atoms with Crippen molar-refractivity contribution < 1.29 is 18.3 Å². The third kappa shape index (κ3) is 4.62. The Morgan fingerprint density at radius 2 is 1.85 bits per heavy atom. The zero-order chi connectivity index (χ0) is 19.2. The van der Waals surface area contributed by atoms with Gasteiger partial charge in [-0.1, -0.05) is 35.5 Å². The van der Waals surface area contributed by atoms with Crippen LogP contribution in [0.25, 0.3) is 11.3 Å². The summed E-state index contributed by atoms with van der Waals surface area (Å²) in [6.07, 6.45) is 0. The molecule has 0 fully saturated rings. The number of aromatic nitrogens is 1. The van der Waals surface area contributed by atoms with Crippen molar-refractivity contribution in [1.82, 2.24) is 5.16 Å². The molecule has 0 spiro atoms. The van der Waals surface area contributed by atoms with E-state index in [0.29, 0.717) is 17.2 Å². The van der Waals surface area contributed by atoms with E-state index in [0.717, 1.165) is 11.3 Å². The number of para-hydroxylation sites is 2. The molecule has 0 aliphatic carbocycles. The van der Waals surface area contributed by atoms with Gasteiger partial charge in [0.05, 0.1) is 12.9 Å². The van der Waals surface area contributed by atoms with Crippen molar-refractivity contribution in [1.29, 1.82) is 0 Å². The van der Waals surface area contributed by atoms with Crippen molar-refractivity contribution in [3.05, 3.63) is 66.4 Å². The topological polar surface area (TPSA) is 72.6 Å². The van der Waals surface area contributed by atoms with Crippen LogP contribution in [0.1, 0.15) is 5.76 Å². The lowest BCUT2D eigenvalue weighted by Gasteiger charge is -2.16. The van der Waals surface area contributed by atoms with Crippen molar-refractivity contribution in [2.24, 2.45) is 0 Å². The van der Waals surface area contributed by atoms with Gasteiger partial charge < -0.3 is 14.2 Å². The molecule has 0 unspecified atom stereocenters. The minimum Gasteiger partial charge on any atom is -0.496 e. The Labute approximate surface area is 160 Å². The monoisotopic (exact) mass is 384 g/mol. The first-order valence-corrected chi connectivity index (χ1v) is 9.83. The molecule has 0 radical (unpaired) electrons. The normalized spacial score (nSPS) is 11.8. The number of anilines is 1. The zero-order valence-electron chi connectivity index (χ0n) is 15.1. The standard InChI is InChI=1S/C20H20N2O4S/c1-22(15-8-4-3-5-9-15)20(23)14-27(24)13-16-12-18(21-26-16)17-10-6-7-11-19(17)25-2/h3-12H,13-14H2,1-2H3/t27-/m1/s1. The second-order valence-electron chi connectivity index (χ2n) is 5.90. The third-order valence-electron chi connectivity index (χ3n) is 4.05. The zero-order valence-corrected chi connectivity index (χ0v) is 15.9. The molecular formula is C20H20N2O4S. The van der Waals surface area contributed by atoms with Crippen molar-refractivity contribution in [2.45, 2.75) is 5.75 Å². The fraction of sp³-hybridized carbons (Fsp3) is 0.200. The van der Waals surface area contributed by atoms with Crippen LogP contribution in [-0.4, -0.2) is 35.2 Å². The molecule has 2 aromatic carbocycles. The number of benzene rings is 2. The van der Waals surface area contributed by atoms with E-state index in [-0.39, 0.29) is 17.4 Å². The first-order chi connectivity index (χ1) is 13.1. The number of carbonyl (C=O) groups excluding carboxylic acids is 1. The van der Waals surface area contributed by atoms with E-state index in [2.05, 4.69) is 5.16 Å². The lowest BCUT2D eigenvalue weighted by Crippen LogP contribution is -2.30. The summed E-state index contributed by atoms with van der Waals surface area (Å²) in [4.78, 5) is 13.8. The van der Waals surface area contributed by atoms with Crippen LogP contribution in [0.15, 0.2) is 65.2 Å². The summed E-state index contributed by atoms with van der Waals surface area (Å²) in [7, 11) is 1.85. The van der Waals surface area contributed by atoms with E-state index in [1.54, 1.807) is 20.2 Å². The smallest absolute Gasteiger partial charge is 0.239 e. The van der Waals surface area contributed by atoms with E-state index in [1.807, 2.05) is 54.6 Å². The summed E-state index contributed by atoms with van der Waals surface area (Å²) >= 11 is 0. The predicted octanol–water partition coefficient (Wildman–Crippen LogP) is 3.26. The lowest BCUT2D eigenvalue weighted by molar-refractivity contribution is -0.115. The average molecular weight is 384 g/mol. The van der Waals surface area contributed by atoms with Gasteiger partial charge >= 0.3 is 0 Å². The van der Waals surface area contributed by atoms with Gasteiger partial charge in [0.2, 0.25) is 5.91 Å². The van der Waals surface area contributed by atoms with Gasteiger partial charge in [-0.2, -0.15) is 0 Å². The van der Waals surface area contributed by atoms with Crippen molar-refractivity contribution in [3.8, 4) is 17.0 Å². The number of ether oxygens (including phenoxy) is 1. The first kappa shape index (κ1) is 18.8. The molecule has 0 aliphatic rings. The molecule has 0 saturated heterocycles. The maximum Gasteiger partial charge on any atom is 0.239 e. The fourth-order valence-electron chi connectivity index (χ4n) is 2.60. The molecule has 0 N–H and O–H groups in total. The van der Waals surface area contributed by atoms with E-state index in [1.165, 1.54) is 4.90 Å². The van der Waals surface area contributed by atoms with Crippen molar-refractivity contribution >= 4 is 22.4 Å². The van der Waals surface area contributed by atoms with Crippen molar-refractivity contribution in [2.75, 3.05) is 24.8 Å². The Balaban J connectivity index is 1.63. The Hall–Kier alpha value is -2.93. The van der Waals surface area contributed by atoms with Crippen LogP contribution in [0.2, 0.25) is 0 Å². The number of hydrogen-bond acceptors (Lipinski definition) is 5. The highest BCUT2D eigenvalue weighted by Crippen LogP contribution is 2.29. The van der Waals surface area contributed by atoms with Gasteiger partial charge in [0.25, 0.3) is 0 Å². The second kappa shape index (κ2) is 8.64. The van der Waals surface area contributed by atoms with Crippen molar-refractivity contribution in [3.63, 3.8) is 0 Å². The maximum absolute atomic E-state index is 12.4. The SMILES string of the molecule is COc1ccccc1-c1cc(C[S@@](=O)CC(=O)N(C)c2ccccc2)on1. The maximum atomic E-state index is 12.4. The number of rotatable bonds is 7. The molecule has 3 rings (SSSR count). The van der Waals surface area contributed by atoms with Gasteiger partial charge in [0, 0.05) is 35.2 Å². The van der Waals surface area contributed by atoms with Crippen LogP contribution < -0.4 is 9.64 Å². The van der Waals surface area contributed by atoms with Gasteiger partial charge in [0.1, 0.15) is 23.0 Å². The minimum absolute atomic E-state index is 0.0872. The van der Waals surface area contributed by atoms with E-state index >= 15 is 0 Å². The molecule has 0 bridgehead atoms. The van der Waals surface area contributed by atoms with Crippen LogP contribution in [0, 0.1) is 0 Å². The van der Waals surface area contributed by atoms with Crippen LogP contribution in [0.3, 0.4) is 0 Å². The molecule has 6 nitrogen and oxygen atoms in total. The largest absolute Gasteiger partial charge is 0.496 e. The lowest BCUT2D eigenvalue weighted by atomic mass is 10.1. The fourth-order valence-corrected chi connectivity index (χ4v) is 3.63. The van der Waals surface area contributed by atoms with E-state index in [4.69, 9.17) is 9.26 Å². The number of carbonyl (C=O) groups is 1. The molecule has 140 valence electrons. The van der Waals surface area contributed by atoms with Crippen LogP contribution >= 0.6 is 0 Å².